The Labute approximate surface area is 109 Å². The Morgan fingerprint density at radius 2 is 2.17 bits per heavy atom. The highest BCUT2D eigenvalue weighted by molar-refractivity contribution is 7.89. The van der Waals surface area contributed by atoms with E-state index in [1.807, 2.05) is 6.92 Å². The van der Waals surface area contributed by atoms with Crippen molar-refractivity contribution in [1.29, 1.82) is 0 Å². The van der Waals surface area contributed by atoms with E-state index in [1.54, 1.807) is 19.1 Å². The normalized spacial score (nSPS) is 12.9. The van der Waals surface area contributed by atoms with Gasteiger partial charge in [0.05, 0.1) is 4.90 Å². The molecular weight excluding hydrogens is 248 g/mol. The van der Waals surface area contributed by atoms with Crippen LogP contribution in [0.2, 0.25) is 0 Å². The predicted molar refractivity (Wildman–Crippen MR) is 73.4 cm³/mol. The molecule has 0 spiro atoms. The maximum absolute atomic E-state index is 12.2. The van der Waals surface area contributed by atoms with Gasteiger partial charge in [-0.3, -0.25) is 0 Å². The molecule has 0 aliphatic heterocycles. The minimum Gasteiger partial charge on any atom is -0.399 e. The lowest BCUT2D eigenvalue weighted by molar-refractivity contribution is 0.543. The first-order valence-electron chi connectivity index (χ1n) is 5.72. The van der Waals surface area contributed by atoms with E-state index >= 15 is 0 Å². The van der Waals surface area contributed by atoms with E-state index in [9.17, 15) is 8.42 Å². The average molecular weight is 266 g/mol. The maximum Gasteiger partial charge on any atom is 0.241 e. The molecule has 98 valence electrons. The zero-order valence-corrected chi connectivity index (χ0v) is 11.4. The molecular formula is C13H18N2O2S. The van der Waals surface area contributed by atoms with Crippen molar-refractivity contribution in [3.05, 3.63) is 23.8 Å². The van der Waals surface area contributed by atoms with Crippen LogP contribution in [0.4, 0.5) is 5.69 Å². The molecule has 0 heterocycles. The molecule has 0 saturated heterocycles. The largest absolute Gasteiger partial charge is 0.399 e. The molecule has 0 fully saturated rings. The van der Waals surface area contributed by atoms with Crippen LogP contribution in [0.3, 0.4) is 0 Å². The quantitative estimate of drug-likeness (QED) is 0.629. The first kappa shape index (κ1) is 14.6. The number of rotatable bonds is 5. The third kappa shape index (κ3) is 3.49. The molecule has 1 atom stereocenters. The fourth-order valence-electron chi connectivity index (χ4n) is 1.67. The molecule has 0 radical (unpaired) electrons. The van der Waals surface area contributed by atoms with E-state index < -0.39 is 10.0 Å². The van der Waals surface area contributed by atoms with Crippen molar-refractivity contribution in [3.8, 4) is 12.3 Å². The molecule has 1 aromatic carbocycles. The van der Waals surface area contributed by atoms with Crippen molar-refractivity contribution in [3.63, 3.8) is 0 Å². The van der Waals surface area contributed by atoms with Gasteiger partial charge in [0.25, 0.3) is 0 Å². The van der Waals surface area contributed by atoms with Crippen LogP contribution in [0.1, 0.15) is 25.3 Å². The van der Waals surface area contributed by atoms with Gasteiger partial charge >= 0.3 is 0 Å². The average Bonchev–Trinajstić information content (AvgIpc) is 2.27. The number of nitrogen functional groups attached to an aromatic ring is 1. The van der Waals surface area contributed by atoms with Gasteiger partial charge in [0.15, 0.2) is 0 Å². The standard InChI is InChI=1S/C13H18N2O2S/c1-4-6-12(5-2)15-18(16,17)13-8-7-11(14)9-10(13)3/h1,7-9,12,15H,5-6,14H2,2-3H3. The maximum atomic E-state index is 12.2. The third-order valence-corrected chi connectivity index (χ3v) is 4.35. The Morgan fingerprint density at radius 3 is 2.67 bits per heavy atom. The summed E-state index contributed by atoms with van der Waals surface area (Å²) in [4.78, 5) is 0.243. The van der Waals surface area contributed by atoms with Gasteiger partial charge in [-0.1, -0.05) is 6.92 Å². The van der Waals surface area contributed by atoms with E-state index in [0.717, 1.165) is 0 Å². The SMILES string of the molecule is C#CCC(CC)NS(=O)(=O)c1ccc(N)cc1C. The second-order valence-corrected chi connectivity index (χ2v) is 5.84. The summed E-state index contributed by atoms with van der Waals surface area (Å²) in [5, 5.41) is 0. The molecule has 1 unspecified atom stereocenters. The van der Waals surface area contributed by atoms with Gasteiger partial charge in [-0.2, -0.15) is 0 Å². The monoisotopic (exact) mass is 266 g/mol. The molecule has 0 amide bonds. The van der Waals surface area contributed by atoms with Crippen LogP contribution in [-0.2, 0) is 10.0 Å². The number of sulfonamides is 1. The van der Waals surface area contributed by atoms with Crippen LogP contribution in [-0.4, -0.2) is 14.5 Å². The summed E-state index contributed by atoms with van der Waals surface area (Å²) in [5.74, 6) is 2.47. The summed E-state index contributed by atoms with van der Waals surface area (Å²) in [7, 11) is -3.54. The lowest BCUT2D eigenvalue weighted by Crippen LogP contribution is -2.34. The predicted octanol–water partition coefficient (Wildman–Crippen LogP) is 1.66. The number of anilines is 1. The first-order valence-corrected chi connectivity index (χ1v) is 7.21. The van der Waals surface area contributed by atoms with Crippen LogP contribution in [0, 0.1) is 19.3 Å². The van der Waals surface area contributed by atoms with Crippen molar-refractivity contribution >= 4 is 15.7 Å². The van der Waals surface area contributed by atoms with Gasteiger partial charge in [0, 0.05) is 18.2 Å². The van der Waals surface area contributed by atoms with Gasteiger partial charge < -0.3 is 5.73 Å². The first-order chi connectivity index (χ1) is 8.40. The fraction of sp³-hybridized carbons (Fsp3) is 0.385. The van der Waals surface area contributed by atoms with Gasteiger partial charge in [-0.15, -0.1) is 12.3 Å². The lowest BCUT2D eigenvalue weighted by Gasteiger charge is -2.16. The van der Waals surface area contributed by atoms with Gasteiger partial charge in [-0.05, 0) is 37.1 Å². The van der Waals surface area contributed by atoms with Gasteiger partial charge in [-0.25, -0.2) is 13.1 Å². The van der Waals surface area contributed by atoms with E-state index in [-0.39, 0.29) is 10.9 Å². The van der Waals surface area contributed by atoms with Crippen molar-refractivity contribution in [2.45, 2.75) is 37.6 Å². The molecule has 0 aromatic heterocycles. The lowest BCUT2D eigenvalue weighted by atomic mass is 10.2. The number of hydrogen-bond acceptors (Lipinski definition) is 3. The van der Waals surface area contributed by atoms with Crippen molar-refractivity contribution in [1.82, 2.24) is 4.72 Å². The number of benzene rings is 1. The number of nitrogens with two attached hydrogens (primary N) is 1. The molecule has 0 bridgehead atoms. The second-order valence-electron chi connectivity index (χ2n) is 4.16. The summed E-state index contributed by atoms with van der Waals surface area (Å²) >= 11 is 0. The Hall–Kier alpha value is -1.51. The third-order valence-electron chi connectivity index (χ3n) is 2.67. The second kappa shape index (κ2) is 5.89. The summed E-state index contributed by atoms with van der Waals surface area (Å²) < 4.78 is 27.0. The Balaban J connectivity index is 3.03. The highest BCUT2D eigenvalue weighted by Gasteiger charge is 2.20. The molecule has 3 N–H and O–H groups in total. The summed E-state index contributed by atoms with van der Waals surface area (Å²) in [6.45, 7) is 3.60. The molecule has 1 aromatic rings. The molecule has 5 heteroatoms. The van der Waals surface area contributed by atoms with Gasteiger partial charge in [0.2, 0.25) is 10.0 Å². The molecule has 0 aliphatic carbocycles. The van der Waals surface area contributed by atoms with Crippen LogP contribution in [0.5, 0.6) is 0 Å². The Bertz CT molecular complexity index is 559. The van der Waals surface area contributed by atoms with E-state index in [1.165, 1.54) is 6.07 Å². The van der Waals surface area contributed by atoms with E-state index in [2.05, 4.69) is 10.6 Å². The Kier molecular flexibility index (Phi) is 4.76. The summed E-state index contributed by atoms with van der Waals surface area (Å²) in [5.41, 5.74) is 6.77. The number of terminal acetylenes is 1. The topological polar surface area (TPSA) is 72.2 Å². The van der Waals surface area contributed by atoms with Crippen LogP contribution in [0.25, 0.3) is 0 Å². The van der Waals surface area contributed by atoms with Crippen molar-refractivity contribution in [2.24, 2.45) is 0 Å². The fourth-order valence-corrected chi connectivity index (χ4v) is 3.21. The molecule has 1 rings (SSSR count). The number of hydrogen-bond donors (Lipinski definition) is 2. The number of aryl methyl sites for hydroxylation is 1. The molecule has 18 heavy (non-hydrogen) atoms. The van der Waals surface area contributed by atoms with Crippen LogP contribution >= 0.6 is 0 Å². The minimum absolute atomic E-state index is 0.239. The van der Waals surface area contributed by atoms with E-state index in [0.29, 0.717) is 24.1 Å². The Morgan fingerprint density at radius 1 is 1.50 bits per heavy atom. The van der Waals surface area contributed by atoms with Crippen LogP contribution in [0.15, 0.2) is 23.1 Å². The summed E-state index contributed by atoms with van der Waals surface area (Å²) in [6.07, 6.45) is 6.24. The van der Waals surface area contributed by atoms with Crippen LogP contribution < -0.4 is 10.5 Å². The molecule has 0 aliphatic rings. The smallest absolute Gasteiger partial charge is 0.241 e. The molecule has 0 saturated carbocycles. The highest BCUT2D eigenvalue weighted by Crippen LogP contribution is 2.18. The van der Waals surface area contributed by atoms with E-state index in [4.69, 9.17) is 12.2 Å². The highest BCUT2D eigenvalue weighted by atomic mass is 32.2. The van der Waals surface area contributed by atoms with Crippen molar-refractivity contribution < 1.29 is 8.42 Å². The zero-order valence-electron chi connectivity index (χ0n) is 10.6. The van der Waals surface area contributed by atoms with Crippen molar-refractivity contribution in [2.75, 3.05) is 5.73 Å². The number of nitrogens with one attached hydrogen (secondary N) is 1. The minimum atomic E-state index is -3.54. The zero-order chi connectivity index (χ0) is 13.8. The molecule has 4 nitrogen and oxygen atoms in total. The van der Waals surface area contributed by atoms with Gasteiger partial charge in [0.1, 0.15) is 0 Å². The summed E-state index contributed by atoms with van der Waals surface area (Å²) in [6, 6.07) is 4.48.